The normalized spacial score (nSPS) is 17.9. The smallest absolute Gasteiger partial charge is 0.240 e. The van der Waals surface area contributed by atoms with Crippen LogP contribution in [0.3, 0.4) is 0 Å². The molecule has 2 aromatic heterocycles. The number of hydrogen-bond donors (Lipinski definition) is 2. The van der Waals surface area contributed by atoms with Gasteiger partial charge in [0.2, 0.25) is 10.0 Å². The summed E-state index contributed by atoms with van der Waals surface area (Å²) in [5.41, 5.74) is 2.64. The van der Waals surface area contributed by atoms with Gasteiger partial charge in [-0.2, -0.15) is 0 Å². The van der Waals surface area contributed by atoms with Gasteiger partial charge in [-0.05, 0) is 48.2 Å². The number of rotatable bonds is 4. The second-order valence-corrected chi connectivity index (χ2v) is 10.7. The highest BCUT2D eigenvalue weighted by molar-refractivity contribution is 7.91. The average Bonchev–Trinajstić information content (AvgIpc) is 3.12. The molecule has 0 spiro atoms. The largest absolute Gasteiger partial charge is 0.346 e. The lowest BCUT2D eigenvalue weighted by Crippen LogP contribution is -2.40. The summed E-state index contributed by atoms with van der Waals surface area (Å²) in [4.78, 5) is 7.48. The number of nitrogens with one attached hydrogen (secondary N) is 2. The van der Waals surface area contributed by atoms with E-state index in [0.717, 1.165) is 22.2 Å². The van der Waals surface area contributed by atoms with Gasteiger partial charge in [0, 0.05) is 23.8 Å². The Kier molecular flexibility index (Phi) is 4.53. The van der Waals surface area contributed by atoms with Crippen LogP contribution in [0.5, 0.6) is 0 Å². The fourth-order valence-electron chi connectivity index (χ4n) is 3.32. The zero-order valence-electron chi connectivity index (χ0n) is 14.4. The topological polar surface area (TPSA) is 109 Å². The molecule has 2 N–H and O–H groups in total. The van der Waals surface area contributed by atoms with Crippen molar-refractivity contribution < 1.29 is 16.8 Å². The van der Waals surface area contributed by atoms with E-state index < -0.39 is 19.9 Å². The maximum Gasteiger partial charge on any atom is 0.240 e. The molecule has 1 saturated heterocycles. The fourth-order valence-corrected chi connectivity index (χ4v) is 6.12. The van der Waals surface area contributed by atoms with E-state index in [2.05, 4.69) is 14.7 Å². The van der Waals surface area contributed by atoms with Gasteiger partial charge < -0.3 is 4.98 Å². The van der Waals surface area contributed by atoms with Gasteiger partial charge in [-0.15, -0.1) is 0 Å². The van der Waals surface area contributed by atoms with E-state index in [0.29, 0.717) is 12.8 Å². The molecular weight excluding hydrogens is 386 g/mol. The first-order valence-electron chi connectivity index (χ1n) is 8.59. The number of fused-ring (bicyclic) bond motifs is 1. The average molecular weight is 406 g/mol. The molecule has 0 saturated carbocycles. The monoisotopic (exact) mass is 405 g/mol. The van der Waals surface area contributed by atoms with Crippen molar-refractivity contribution in [3.63, 3.8) is 0 Å². The number of nitrogens with zero attached hydrogens (tertiary/aromatic N) is 1. The molecule has 0 aliphatic carbocycles. The van der Waals surface area contributed by atoms with Crippen molar-refractivity contribution in [2.24, 2.45) is 0 Å². The summed E-state index contributed by atoms with van der Waals surface area (Å²) in [5.74, 6) is 0.0433. The summed E-state index contributed by atoms with van der Waals surface area (Å²) < 4.78 is 50.8. The molecule has 3 aromatic rings. The van der Waals surface area contributed by atoms with E-state index in [9.17, 15) is 16.8 Å². The lowest BCUT2D eigenvalue weighted by molar-refractivity contribution is 0.505. The molecule has 9 heteroatoms. The Morgan fingerprint density at radius 3 is 2.44 bits per heavy atom. The van der Waals surface area contributed by atoms with Gasteiger partial charge in [-0.3, -0.25) is 0 Å². The maximum absolute atomic E-state index is 12.6. The van der Waals surface area contributed by atoms with Gasteiger partial charge in [0.05, 0.1) is 16.4 Å². The first-order chi connectivity index (χ1) is 12.8. The standard InChI is InChI=1S/C18H19N3O4S2/c22-26(23)11-7-14(8-12-26)21-27(24,25)15-3-1-13(2-4-15)16-5-9-19-18-17(16)6-10-20-18/h1-6,9-10,14,21H,7-8,11-12H2,(H,19,20). The third-order valence-corrected chi connectivity index (χ3v) is 8.06. The third kappa shape index (κ3) is 3.76. The van der Waals surface area contributed by atoms with Crippen molar-refractivity contribution in [1.82, 2.24) is 14.7 Å². The number of H-pyrrole nitrogens is 1. The zero-order valence-corrected chi connectivity index (χ0v) is 16.1. The van der Waals surface area contributed by atoms with Crippen molar-refractivity contribution in [2.75, 3.05) is 11.5 Å². The summed E-state index contributed by atoms with van der Waals surface area (Å²) in [6, 6.07) is 10.1. The Balaban J connectivity index is 1.56. The Morgan fingerprint density at radius 2 is 1.74 bits per heavy atom. The highest BCUT2D eigenvalue weighted by atomic mass is 32.2. The SMILES string of the molecule is O=S1(=O)CCC(NS(=O)(=O)c2ccc(-c3ccnc4[nH]ccc34)cc2)CC1. The first kappa shape index (κ1) is 18.1. The van der Waals surface area contributed by atoms with E-state index in [4.69, 9.17) is 0 Å². The summed E-state index contributed by atoms with van der Waals surface area (Å²) in [6.07, 6.45) is 4.13. The number of sulfonamides is 1. The number of sulfone groups is 1. The molecule has 3 heterocycles. The number of benzene rings is 1. The Morgan fingerprint density at radius 1 is 1.04 bits per heavy atom. The molecule has 1 aromatic carbocycles. The first-order valence-corrected chi connectivity index (χ1v) is 11.9. The summed E-state index contributed by atoms with van der Waals surface area (Å²) in [7, 11) is -6.72. The molecule has 142 valence electrons. The maximum atomic E-state index is 12.6. The molecule has 0 bridgehead atoms. The molecule has 0 radical (unpaired) electrons. The van der Waals surface area contributed by atoms with Gasteiger partial charge in [0.1, 0.15) is 15.5 Å². The minimum Gasteiger partial charge on any atom is -0.346 e. The second kappa shape index (κ2) is 6.74. The molecule has 27 heavy (non-hydrogen) atoms. The third-order valence-electron chi connectivity index (χ3n) is 4.81. The van der Waals surface area contributed by atoms with Crippen LogP contribution in [-0.2, 0) is 19.9 Å². The molecule has 4 rings (SSSR count). The minimum atomic E-state index is -3.69. The molecule has 1 aliphatic heterocycles. The minimum absolute atomic E-state index is 0.0217. The molecule has 1 aliphatic rings. The van der Waals surface area contributed by atoms with Crippen LogP contribution in [0.4, 0.5) is 0 Å². The van der Waals surface area contributed by atoms with Gasteiger partial charge >= 0.3 is 0 Å². The van der Waals surface area contributed by atoms with Crippen LogP contribution < -0.4 is 4.72 Å². The van der Waals surface area contributed by atoms with E-state index in [1.54, 1.807) is 30.5 Å². The number of hydrogen-bond acceptors (Lipinski definition) is 5. The molecule has 0 unspecified atom stereocenters. The molecule has 0 amide bonds. The van der Waals surface area contributed by atoms with E-state index in [-0.39, 0.29) is 22.4 Å². The van der Waals surface area contributed by atoms with Crippen LogP contribution in [0, 0.1) is 0 Å². The Labute approximate surface area is 157 Å². The van der Waals surface area contributed by atoms with Crippen LogP contribution in [0.25, 0.3) is 22.2 Å². The molecular formula is C18H19N3O4S2. The van der Waals surface area contributed by atoms with Crippen molar-refractivity contribution in [3.05, 3.63) is 48.8 Å². The molecule has 1 fully saturated rings. The predicted molar refractivity (Wildman–Crippen MR) is 104 cm³/mol. The number of aromatic amines is 1. The van der Waals surface area contributed by atoms with Crippen LogP contribution >= 0.6 is 0 Å². The number of pyridine rings is 1. The van der Waals surface area contributed by atoms with Gasteiger partial charge in [-0.1, -0.05) is 12.1 Å². The van der Waals surface area contributed by atoms with Crippen molar-refractivity contribution >= 4 is 30.9 Å². The summed E-state index contributed by atoms with van der Waals surface area (Å²) in [6.45, 7) is 0. The lowest BCUT2D eigenvalue weighted by Gasteiger charge is -2.22. The van der Waals surface area contributed by atoms with Gasteiger partial charge in [0.15, 0.2) is 0 Å². The second-order valence-electron chi connectivity index (χ2n) is 6.67. The van der Waals surface area contributed by atoms with Crippen molar-refractivity contribution in [2.45, 2.75) is 23.8 Å². The molecule has 0 atom stereocenters. The van der Waals surface area contributed by atoms with Gasteiger partial charge in [-0.25, -0.2) is 26.5 Å². The summed E-state index contributed by atoms with van der Waals surface area (Å²) in [5, 5.41) is 0.967. The van der Waals surface area contributed by atoms with Crippen LogP contribution in [0.15, 0.2) is 53.7 Å². The van der Waals surface area contributed by atoms with Crippen LogP contribution in [-0.4, -0.2) is 44.4 Å². The van der Waals surface area contributed by atoms with E-state index in [1.165, 1.54) is 0 Å². The quantitative estimate of drug-likeness (QED) is 0.691. The number of aromatic nitrogens is 2. The zero-order chi connectivity index (χ0) is 19.1. The van der Waals surface area contributed by atoms with Gasteiger partial charge in [0.25, 0.3) is 0 Å². The van der Waals surface area contributed by atoms with Crippen LogP contribution in [0.2, 0.25) is 0 Å². The lowest BCUT2D eigenvalue weighted by atomic mass is 10.0. The Bertz CT molecular complexity index is 1170. The highest BCUT2D eigenvalue weighted by Crippen LogP contribution is 2.28. The van der Waals surface area contributed by atoms with E-state index >= 15 is 0 Å². The molecule has 7 nitrogen and oxygen atoms in total. The van der Waals surface area contributed by atoms with Crippen LogP contribution in [0.1, 0.15) is 12.8 Å². The summed E-state index contributed by atoms with van der Waals surface area (Å²) >= 11 is 0. The predicted octanol–water partition coefficient (Wildman–Crippen LogP) is 2.09. The van der Waals surface area contributed by atoms with Crippen molar-refractivity contribution in [3.8, 4) is 11.1 Å². The highest BCUT2D eigenvalue weighted by Gasteiger charge is 2.27. The van der Waals surface area contributed by atoms with E-state index in [1.807, 2.05) is 18.3 Å². The Hall–Kier alpha value is -2.23. The van der Waals surface area contributed by atoms with Crippen molar-refractivity contribution in [1.29, 1.82) is 0 Å². The fraction of sp³-hybridized carbons (Fsp3) is 0.278.